The second-order valence-corrected chi connectivity index (χ2v) is 13.6. The van der Waals surface area contributed by atoms with Crippen molar-refractivity contribution < 1.29 is 19.1 Å². The summed E-state index contributed by atoms with van der Waals surface area (Å²) in [5, 5.41) is 11.1. The fourth-order valence-corrected chi connectivity index (χ4v) is 7.54. The van der Waals surface area contributed by atoms with Crippen molar-refractivity contribution in [2.45, 2.75) is 103 Å². The van der Waals surface area contributed by atoms with Crippen LogP contribution in [0.1, 0.15) is 107 Å². The Hall–Kier alpha value is -3.81. The van der Waals surface area contributed by atoms with E-state index < -0.39 is 11.6 Å². The number of carbonyl (C=O) groups excluding carboxylic acids is 2. The van der Waals surface area contributed by atoms with Gasteiger partial charge in [0.05, 0.1) is 37.9 Å². The molecule has 45 heavy (non-hydrogen) atoms. The molecule has 3 unspecified atom stereocenters. The van der Waals surface area contributed by atoms with Gasteiger partial charge in [-0.15, -0.1) is 0 Å². The third kappa shape index (κ3) is 7.37. The summed E-state index contributed by atoms with van der Waals surface area (Å²) in [6.07, 6.45) is 11.1. The highest BCUT2D eigenvalue weighted by Crippen LogP contribution is 2.43. The van der Waals surface area contributed by atoms with Gasteiger partial charge in [-0.3, -0.25) is 9.48 Å². The van der Waals surface area contributed by atoms with Gasteiger partial charge in [0, 0.05) is 17.8 Å². The average Bonchev–Trinajstić information content (AvgIpc) is 3.55. The van der Waals surface area contributed by atoms with E-state index in [0.29, 0.717) is 11.8 Å². The second kappa shape index (κ2) is 14.1. The first-order valence-corrected chi connectivity index (χ1v) is 16.6. The maximum absolute atomic E-state index is 14.2. The van der Waals surface area contributed by atoms with Gasteiger partial charge >= 0.3 is 6.09 Å². The van der Waals surface area contributed by atoms with Crippen LogP contribution < -0.4 is 15.4 Å². The van der Waals surface area contributed by atoms with E-state index in [-0.39, 0.29) is 23.9 Å². The van der Waals surface area contributed by atoms with E-state index >= 15 is 0 Å². The molecule has 8 heteroatoms. The molecule has 5 rings (SSSR count). The maximum atomic E-state index is 14.2. The summed E-state index contributed by atoms with van der Waals surface area (Å²) in [4.78, 5) is 26.5. The fourth-order valence-electron chi connectivity index (χ4n) is 7.54. The first-order valence-electron chi connectivity index (χ1n) is 16.6. The van der Waals surface area contributed by atoms with Crippen LogP contribution in [-0.4, -0.2) is 41.5 Å². The first kappa shape index (κ1) is 32.6. The summed E-state index contributed by atoms with van der Waals surface area (Å²) in [6, 6.07) is 15.3. The molecule has 2 N–H and O–H groups in total. The van der Waals surface area contributed by atoms with Gasteiger partial charge in [-0.2, -0.15) is 5.10 Å². The smallest absolute Gasteiger partial charge is 0.407 e. The van der Waals surface area contributed by atoms with Crippen molar-refractivity contribution in [3.05, 3.63) is 71.5 Å². The molecular weight excluding hydrogens is 564 g/mol. The number of methoxy groups -OCH3 is 2. The third-order valence-electron chi connectivity index (χ3n) is 10.2. The predicted octanol–water partition coefficient (Wildman–Crippen LogP) is 7.88. The van der Waals surface area contributed by atoms with Crippen molar-refractivity contribution in [2.75, 3.05) is 14.2 Å². The number of alkyl carbamates (subject to hydrolysis) is 1. The van der Waals surface area contributed by atoms with Crippen molar-refractivity contribution in [1.82, 2.24) is 20.4 Å². The number of nitrogens with one attached hydrogen (secondary N) is 2. The first-order chi connectivity index (χ1) is 21.6. The highest BCUT2D eigenvalue weighted by atomic mass is 16.5. The van der Waals surface area contributed by atoms with Crippen LogP contribution in [0.5, 0.6) is 5.75 Å². The van der Waals surface area contributed by atoms with Crippen molar-refractivity contribution in [3.63, 3.8) is 0 Å². The normalized spacial score (nSPS) is 24.1. The Kier molecular flexibility index (Phi) is 10.2. The second-order valence-electron chi connectivity index (χ2n) is 13.6. The number of aryl methyl sites for hydroxylation is 1. The number of rotatable bonds is 9. The summed E-state index contributed by atoms with van der Waals surface area (Å²) >= 11 is 0. The molecule has 3 aromatic rings. The van der Waals surface area contributed by atoms with E-state index in [4.69, 9.17) is 9.47 Å². The molecule has 0 aliphatic heterocycles. The number of carbonyl (C=O) groups is 2. The van der Waals surface area contributed by atoms with Gasteiger partial charge in [0.15, 0.2) is 0 Å². The zero-order chi connectivity index (χ0) is 32.1. The maximum Gasteiger partial charge on any atom is 0.407 e. The minimum atomic E-state index is -0.656. The Morgan fingerprint density at radius 1 is 1.00 bits per heavy atom. The summed E-state index contributed by atoms with van der Waals surface area (Å²) in [5.41, 5.74) is 5.14. The zero-order valence-electron chi connectivity index (χ0n) is 27.8. The lowest BCUT2D eigenvalue weighted by Gasteiger charge is -2.42. The van der Waals surface area contributed by atoms with E-state index in [9.17, 15) is 9.59 Å². The largest absolute Gasteiger partial charge is 0.496 e. The lowest BCUT2D eigenvalue weighted by Crippen LogP contribution is -2.58. The van der Waals surface area contributed by atoms with Gasteiger partial charge in [0.2, 0.25) is 5.91 Å². The highest BCUT2D eigenvalue weighted by molar-refractivity contribution is 5.82. The van der Waals surface area contributed by atoms with Crippen LogP contribution >= 0.6 is 0 Å². The van der Waals surface area contributed by atoms with Crippen LogP contribution in [0.4, 0.5) is 4.79 Å². The molecule has 0 bridgehead atoms. The van der Waals surface area contributed by atoms with Gasteiger partial charge in [-0.05, 0) is 112 Å². The molecule has 2 aromatic carbocycles. The zero-order valence-corrected chi connectivity index (χ0v) is 27.8. The number of benzene rings is 2. The molecule has 0 saturated heterocycles. The van der Waals surface area contributed by atoms with Crippen molar-refractivity contribution in [3.8, 4) is 16.9 Å². The van der Waals surface area contributed by atoms with Crippen LogP contribution in [-0.2, 0) is 9.53 Å². The SMILES string of the molecule is COC(=O)NC1(C)CCCCC1C(=O)NC(c1cccc(-c2cnn(C(C)C)c2)c1)C1CCC(c2ccc(OC)c(C)c2)CC1. The Balaban J connectivity index is 1.41. The summed E-state index contributed by atoms with van der Waals surface area (Å²) < 4.78 is 12.4. The standard InChI is InChI=1S/C37H50N4O4/c1-24(2)41-23-31(22-38-41)28-10-9-11-30(21-28)34(39-35(42)32-12-7-8-19-37(32,4)40-36(43)45-6)27-15-13-26(14-16-27)29-17-18-33(44-5)25(3)20-29/h9-11,17-18,20-24,26-27,32,34H,7-8,12-16,19H2,1-6H3,(H,39,42)(H,40,43). The number of ether oxygens (including phenoxy) is 2. The highest BCUT2D eigenvalue weighted by Gasteiger charge is 2.43. The number of amides is 2. The fraction of sp³-hybridized carbons (Fsp3) is 0.541. The molecule has 2 saturated carbocycles. The van der Waals surface area contributed by atoms with E-state index in [1.54, 1.807) is 7.11 Å². The van der Waals surface area contributed by atoms with E-state index in [0.717, 1.165) is 79.4 Å². The van der Waals surface area contributed by atoms with E-state index in [1.807, 2.05) is 17.8 Å². The molecule has 2 fully saturated rings. The van der Waals surface area contributed by atoms with Crippen LogP contribution in [0.15, 0.2) is 54.9 Å². The molecule has 3 atom stereocenters. The number of hydrogen-bond acceptors (Lipinski definition) is 5. The quantitative estimate of drug-likeness (QED) is 0.256. The minimum absolute atomic E-state index is 0.00420. The third-order valence-corrected chi connectivity index (χ3v) is 10.2. The topological polar surface area (TPSA) is 94.5 Å². The Morgan fingerprint density at radius 2 is 1.78 bits per heavy atom. The molecule has 8 nitrogen and oxygen atoms in total. The van der Waals surface area contributed by atoms with Gasteiger partial charge in [0.1, 0.15) is 5.75 Å². The average molecular weight is 615 g/mol. The number of nitrogens with zero attached hydrogens (tertiary/aromatic N) is 2. The molecule has 242 valence electrons. The number of hydrogen-bond donors (Lipinski definition) is 2. The molecule has 2 aliphatic rings. The Morgan fingerprint density at radius 3 is 2.44 bits per heavy atom. The molecule has 0 radical (unpaired) electrons. The van der Waals surface area contributed by atoms with Gasteiger partial charge in [0.25, 0.3) is 0 Å². The van der Waals surface area contributed by atoms with Crippen molar-refractivity contribution in [1.29, 1.82) is 0 Å². The summed E-state index contributed by atoms with van der Waals surface area (Å²) in [6.45, 7) is 8.33. The van der Waals surface area contributed by atoms with Crippen LogP contribution in [0.3, 0.4) is 0 Å². The van der Waals surface area contributed by atoms with E-state index in [2.05, 4.69) is 85.2 Å². The molecule has 2 aliphatic carbocycles. The van der Waals surface area contributed by atoms with Gasteiger partial charge in [-0.1, -0.05) is 43.2 Å². The Bertz CT molecular complexity index is 1470. The molecule has 1 aromatic heterocycles. The monoisotopic (exact) mass is 614 g/mol. The lowest BCUT2D eigenvalue weighted by atomic mass is 9.72. The van der Waals surface area contributed by atoms with Crippen LogP contribution in [0, 0.1) is 18.8 Å². The van der Waals surface area contributed by atoms with Gasteiger partial charge in [-0.25, -0.2) is 4.79 Å². The van der Waals surface area contributed by atoms with Crippen LogP contribution in [0.25, 0.3) is 11.1 Å². The summed E-state index contributed by atoms with van der Waals surface area (Å²) in [7, 11) is 3.09. The van der Waals surface area contributed by atoms with Crippen LogP contribution in [0.2, 0.25) is 0 Å². The molecule has 1 heterocycles. The van der Waals surface area contributed by atoms with Gasteiger partial charge < -0.3 is 20.1 Å². The predicted molar refractivity (Wildman–Crippen MR) is 177 cm³/mol. The molecule has 2 amide bonds. The summed E-state index contributed by atoms with van der Waals surface area (Å²) in [5.74, 6) is 1.37. The van der Waals surface area contributed by atoms with E-state index in [1.165, 1.54) is 12.7 Å². The Labute approximate surface area is 268 Å². The molecular formula is C37H50N4O4. The number of aromatic nitrogens is 2. The van der Waals surface area contributed by atoms with Crippen molar-refractivity contribution >= 4 is 12.0 Å². The minimum Gasteiger partial charge on any atom is -0.496 e. The molecule has 0 spiro atoms. The lowest BCUT2D eigenvalue weighted by molar-refractivity contribution is -0.130. The van der Waals surface area contributed by atoms with Crippen molar-refractivity contribution in [2.24, 2.45) is 11.8 Å².